The van der Waals surface area contributed by atoms with Crippen LogP contribution in [-0.2, 0) is 4.74 Å². The Balaban J connectivity index is 1.92. The van der Waals surface area contributed by atoms with Gasteiger partial charge in [0.15, 0.2) is 0 Å². The topological polar surface area (TPSA) is 21.7 Å². The minimum atomic E-state index is 0.767. The number of thioether (sulfide) groups is 1. The Morgan fingerprint density at radius 1 is 1.29 bits per heavy atom. The number of hydrogen-bond donors (Lipinski definition) is 0. The van der Waals surface area contributed by atoms with Crippen LogP contribution in [0.15, 0.2) is 29.2 Å². The highest BCUT2D eigenvalue weighted by Gasteiger charge is 2.14. The SMILES string of the molecule is COc1ccc(SC(=S)N2CCOCC2)cc1. The largest absolute Gasteiger partial charge is 0.497 e. The first kappa shape index (κ1) is 12.7. The first-order valence-corrected chi connectivity index (χ1v) is 6.70. The predicted octanol–water partition coefficient (Wildman–Crippen LogP) is 2.40. The molecule has 1 saturated heterocycles. The lowest BCUT2D eigenvalue weighted by Crippen LogP contribution is -2.38. The third-order valence-corrected chi connectivity index (χ3v) is 3.98. The van der Waals surface area contributed by atoms with E-state index in [0.717, 1.165) is 41.3 Å². The lowest BCUT2D eigenvalue weighted by Gasteiger charge is -2.28. The Bertz CT molecular complexity index is 375. The summed E-state index contributed by atoms with van der Waals surface area (Å²) in [6.07, 6.45) is 0. The van der Waals surface area contributed by atoms with Gasteiger partial charge in [-0.3, -0.25) is 0 Å². The van der Waals surface area contributed by atoms with Gasteiger partial charge in [-0.15, -0.1) is 0 Å². The molecule has 1 fully saturated rings. The van der Waals surface area contributed by atoms with Crippen LogP contribution in [0.2, 0.25) is 0 Å². The normalized spacial score (nSPS) is 15.7. The molecule has 3 nitrogen and oxygen atoms in total. The number of nitrogens with zero attached hydrogens (tertiary/aromatic N) is 1. The quantitative estimate of drug-likeness (QED) is 0.605. The van der Waals surface area contributed by atoms with E-state index in [9.17, 15) is 0 Å². The molecule has 1 aromatic carbocycles. The fourth-order valence-electron chi connectivity index (χ4n) is 1.56. The van der Waals surface area contributed by atoms with E-state index >= 15 is 0 Å². The van der Waals surface area contributed by atoms with Crippen molar-refractivity contribution in [2.75, 3.05) is 33.4 Å². The molecule has 1 aromatic rings. The molecule has 0 saturated carbocycles. The predicted molar refractivity (Wildman–Crippen MR) is 73.8 cm³/mol. The van der Waals surface area contributed by atoms with Gasteiger partial charge in [0, 0.05) is 18.0 Å². The first-order valence-electron chi connectivity index (χ1n) is 5.48. The van der Waals surface area contributed by atoms with E-state index in [1.165, 1.54) is 0 Å². The summed E-state index contributed by atoms with van der Waals surface area (Å²) in [6.45, 7) is 3.32. The summed E-state index contributed by atoms with van der Waals surface area (Å²) in [4.78, 5) is 3.33. The fraction of sp³-hybridized carbons (Fsp3) is 0.417. The van der Waals surface area contributed by atoms with Crippen molar-refractivity contribution in [3.05, 3.63) is 24.3 Å². The highest BCUT2D eigenvalue weighted by atomic mass is 32.2. The average molecular weight is 269 g/mol. The summed E-state index contributed by atoms with van der Waals surface area (Å²) in [5, 5.41) is 0. The van der Waals surface area contributed by atoms with E-state index in [2.05, 4.69) is 4.90 Å². The Morgan fingerprint density at radius 3 is 2.53 bits per heavy atom. The Labute approximate surface area is 111 Å². The van der Waals surface area contributed by atoms with Gasteiger partial charge >= 0.3 is 0 Å². The molecule has 1 heterocycles. The molecule has 0 aliphatic carbocycles. The van der Waals surface area contributed by atoms with Gasteiger partial charge in [0.25, 0.3) is 0 Å². The van der Waals surface area contributed by atoms with Crippen molar-refractivity contribution in [1.29, 1.82) is 0 Å². The van der Waals surface area contributed by atoms with Gasteiger partial charge in [-0.25, -0.2) is 0 Å². The van der Waals surface area contributed by atoms with Crippen molar-refractivity contribution in [2.24, 2.45) is 0 Å². The lowest BCUT2D eigenvalue weighted by molar-refractivity contribution is 0.0702. The first-order chi connectivity index (χ1) is 8.29. The van der Waals surface area contributed by atoms with Gasteiger partial charge in [-0.1, -0.05) is 24.0 Å². The van der Waals surface area contributed by atoms with Gasteiger partial charge in [-0.2, -0.15) is 0 Å². The van der Waals surface area contributed by atoms with Crippen LogP contribution in [0, 0.1) is 0 Å². The Hall–Kier alpha value is -0.780. The Kier molecular flexibility index (Phi) is 4.65. The average Bonchev–Trinajstić information content (AvgIpc) is 2.40. The molecule has 17 heavy (non-hydrogen) atoms. The summed E-state index contributed by atoms with van der Waals surface area (Å²) in [5.41, 5.74) is 0. The van der Waals surface area contributed by atoms with Gasteiger partial charge < -0.3 is 14.4 Å². The second-order valence-electron chi connectivity index (χ2n) is 3.64. The van der Waals surface area contributed by atoms with Crippen LogP contribution in [0.1, 0.15) is 0 Å². The number of benzene rings is 1. The van der Waals surface area contributed by atoms with Gasteiger partial charge in [-0.05, 0) is 24.3 Å². The molecule has 0 aromatic heterocycles. The third-order valence-electron chi connectivity index (χ3n) is 2.53. The molecule has 5 heteroatoms. The number of rotatable bonds is 2. The van der Waals surface area contributed by atoms with Crippen LogP contribution in [0.4, 0.5) is 0 Å². The number of methoxy groups -OCH3 is 1. The summed E-state index contributed by atoms with van der Waals surface area (Å²) < 4.78 is 11.3. The summed E-state index contributed by atoms with van der Waals surface area (Å²) >= 11 is 7.03. The molecule has 0 N–H and O–H groups in total. The van der Waals surface area contributed by atoms with Gasteiger partial charge in [0.05, 0.1) is 20.3 Å². The molecule has 0 amide bonds. The van der Waals surface area contributed by atoms with Crippen molar-refractivity contribution < 1.29 is 9.47 Å². The third kappa shape index (κ3) is 3.59. The monoisotopic (exact) mass is 269 g/mol. The highest BCUT2D eigenvalue weighted by Crippen LogP contribution is 2.24. The molecular formula is C12H15NO2S2. The van der Waals surface area contributed by atoms with E-state index in [4.69, 9.17) is 21.7 Å². The summed E-state index contributed by atoms with van der Waals surface area (Å²) in [5.74, 6) is 0.867. The molecular weight excluding hydrogens is 254 g/mol. The van der Waals surface area contributed by atoms with Gasteiger partial charge in [0.2, 0.25) is 0 Å². The van der Waals surface area contributed by atoms with Crippen molar-refractivity contribution in [1.82, 2.24) is 4.90 Å². The smallest absolute Gasteiger partial charge is 0.141 e. The second-order valence-corrected chi connectivity index (χ2v) is 5.35. The summed E-state index contributed by atoms with van der Waals surface area (Å²) in [6, 6.07) is 7.95. The zero-order valence-electron chi connectivity index (χ0n) is 9.72. The molecule has 2 rings (SSSR count). The fourth-order valence-corrected chi connectivity index (χ4v) is 2.81. The van der Waals surface area contributed by atoms with Crippen LogP contribution >= 0.6 is 24.0 Å². The molecule has 1 aliphatic heterocycles. The van der Waals surface area contributed by atoms with E-state index in [-0.39, 0.29) is 0 Å². The van der Waals surface area contributed by atoms with Crippen molar-refractivity contribution in [3.8, 4) is 5.75 Å². The molecule has 0 spiro atoms. The lowest BCUT2D eigenvalue weighted by atomic mass is 10.3. The van der Waals surface area contributed by atoms with E-state index in [1.54, 1.807) is 18.9 Å². The molecule has 0 atom stereocenters. The van der Waals surface area contributed by atoms with Crippen LogP contribution in [0.5, 0.6) is 5.75 Å². The van der Waals surface area contributed by atoms with E-state index < -0.39 is 0 Å². The number of thiocarbonyl (C=S) groups is 1. The van der Waals surface area contributed by atoms with Gasteiger partial charge in [0.1, 0.15) is 10.1 Å². The van der Waals surface area contributed by atoms with E-state index in [1.807, 2.05) is 24.3 Å². The van der Waals surface area contributed by atoms with Crippen LogP contribution < -0.4 is 4.74 Å². The minimum Gasteiger partial charge on any atom is -0.497 e. The molecule has 0 unspecified atom stereocenters. The number of morpholine rings is 1. The maximum atomic E-state index is 5.42. The molecule has 92 valence electrons. The standard InChI is InChI=1S/C12H15NO2S2/c1-14-10-2-4-11(5-3-10)17-12(16)13-6-8-15-9-7-13/h2-5H,6-9H2,1H3. The maximum absolute atomic E-state index is 5.42. The molecule has 0 bridgehead atoms. The van der Waals surface area contributed by atoms with Crippen molar-refractivity contribution in [3.63, 3.8) is 0 Å². The minimum absolute atomic E-state index is 0.767. The zero-order chi connectivity index (χ0) is 12.1. The molecule has 1 aliphatic rings. The second kappa shape index (κ2) is 6.23. The van der Waals surface area contributed by atoms with Crippen LogP contribution in [-0.4, -0.2) is 42.6 Å². The summed E-state index contributed by atoms with van der Waals surface area (Å²) in [7, 11) is 1.67. The van der Waals surface area contributed by atoms with Crippen LogP contribution in [0.3, 0.4) is 0 Å². The Morgan fingerprint density at radius 2 is 1.94 bits per heavy atom. The number of ether oxygens (including phenoxy) is 2. The number of hydrogen-bond acceptors (Lipinski definition) is 4. The molecule has 0 radical (unpaired) electrons. The zero-order valence-corrected chi connectivity index (χ0v) is 11.4. The van der Waals surface area contributed by atoms with Crippen molar-refractivity contribution >= 4 is 28.3 Å². The van der Waals surface area contributed by atoms with Crippen molar-refractivity contribution in [2.45, 2.75) is 4.90 Å². The maximum Gasteiger partial charge on any atom is 0.141 e. The van der Waals surface area contributed by atoms with E-state index in [0.29, 0.717) is 0 Å². The highest BCUT2D eigenvalue weighted by molar-refractivity contribution is 8.22. The van der Waals surface area contributed by atoms with Crippen LogP contribution in [0.25, 0.3) is 0 Å².